The van der Waals surface area contributed by atoms with Crippen LogP contribution in [-0.2, 0) is 17.8 Å². The van der Waals surface area contributed by atoms with Crippen LogP contribution in [0.4, 0.5) is 9.93 Å². The molecule has 2 heterocycles. The molecule has 2 N–H and O–H groups in total. The fourth-order valence-corrected chi connectivity index (χ4v) is 3.20. The summed E-state index contributed by atoms with van der Waals surface area (Å²) in [5, 5.41) is 11.0. The van der Waals surface area contributed by atoms with Crippen LogP contribution in [0.3, 0.4) is 0 Å². The van der Waals surface area contributed by atoms with Crippen molar-refractivity contribution in [3.63, 3.8) is 0 Å². The second-order valence-corrected chi connectivity index (χ2v) is 6.22. The zero-order valence-corrected chi connectivity index (χ0v) is 13.8. The van der Waals surface area contributed by atoms with E-state index < -0.39 is 0 Å². The van der Waals surface area contributed by atoms with Crippen LogP contribution in [0, 0.1) is 0 Å². The Morgan fingerprint density at radius 3 is 2.86 bits per heavy atom. The number of aryl methyl sites for hydroxylation is 1. The molecular weight excluding hydrogens is 308 g/mol. The second kappa shape index (κ2) is 7.48. The van der Waals surface area contributed by atoms with Crippen molar-refractivity contribution in [2.45, 2.75) is 32.9 Å². The first kappa shape index (κ1) is 15.9. The fraction of sp³-hybridized carbons (Fsp3) is 0.462. The van der Waals surface area contributed by atoms with Crippen LogP contribution in [-0.4, -0.2) is 23.1 Å². The summed E-state index contributed by atoms with van der Waals surface area (Å²) in [7, 11) is 1.61. The van der Waals surface area contributed by atoms with Gasteiger partial charge in [-0.2, -0.15) is 0 Å². The second-order valence-electron chi connectivity index (χ2n) is 4.42. The number of anilines is 1. The minimum absolute atomic E-state index is 0.139. The number of thiazole rings is 2. The summed E-state index contributed by atoms with van der Waals surface area (Å²) in [4.78, 5) is 20.6. The first-order chi connectivity index (χ1) is 10.1. The summed E-state index contributed by atoms with van der Waals surface area (Å²) < 4.78 is 4.99. The van der Waals surface area contributed by atoms with Gasteiger partial charge in [-0.3, -0.25) is 5.32 Å². The van der Waals surface area contributed by atoms with Crippen LogP contribution in [0.1, 0.15) is 36.3 Å². The third-order valence-electron chi connectivity index (χ3n) is 2.73. The maximum atomic E-state index is 11.9. The van der Waals surface area contributed by atoms with Crippen molar-refractivity contribution in [3.05, 3.63) is 27.2 Å². The molecule has 0 aromatic carbocycles. The van der Waals surface area contributed by atoms with E-state index in [-0.39, 0.29) is 12.1 Å². The molecule has 0 fully saturated rings. The Kier molecular flexibility index (Phi) is 5.66. The molecule has 0 spiro atoms. The fourth-order valence-electron chi connectivity index (χ4n) is 1.67. The highest BCUT2D eigenvalue weighted by Gasteiger charge is 2.13. The van der Waals surface area contributed by atoms with E-state index in [4.69, 9.17) is 4.74 Å². The topological polar surface area (TPSA) is 76.1 Å². The molecule has 6 nitrogen and oxygen atoms in total. The zero-order chi connectivity index (χ0) is 15.2. The van der Waals surface area contributed by atoms with Gasteiger partial charge in [-0.1, -0.05) is 6.92 Å². The predicted octanol–water partition coefficient (Wildman–Crippen LogP) is 3.19. The third kappa shape index (κ3) is 4.48. The Balaban J connectivity index is 1.88. The highest BCUT2D eigenvalue weighted by atomic mass is 32.1. The average molecular weight is 326 g/mol. The van der Waals surface area contributed by atoms with Gasteiger partial charge in [0.2, 0.25) is 0 Å². The van der Waals surface area contributed by atoms with E-state index in [0.29, 0.717) is 11.7 Å². The van der Waals surface area contributed by atoms with E-state index in [0.717, 1.165) is 22.8 Å². The molecule has 114 valence electrons. The molecule has 0 aliphatic carbocycles. The average Bonchev–Trinajstić information content (AvgIpc) is 3.08. The van der Waals surface area contributed by atoms with Gasteiger partial charge in [0.25, 0.3) is 0 Å². The molecule has 0 saturated heterocycles. The van der Waals surface area contributed by atoms with Gasteiger partial charge in [0.05, 0.1) is 29.0 Å². The van der Waals surface area contributed by atoms with E-state index in [1.807, 2.05) is 17.7 Å². The number of hydrogen-bond acceptors (Lipinski definition) is 6. The SMILES string of the molecule is CCc1nc([C@@H](C)NC(=O)Nc2nc(COC)cs2)cs1. The molecule has 1 atom stereocenters. The number of hydrogen-bond donors (Lipinski definition) is 2. The molecule has 8 heteroatoms. The van der Waals surface area contributed by atoms with Crippen LogP contribution < -0.4 is 10.6 Å². The summed E-state index contributed by atoms with van der Waals surface area (Å²) >= 11 is 2.98. The van der Waals surface area contributed by atoms with E-state index >= 15 is 0 Å². The summed E-state index contributed by atoms with van der Waals surface area (Å²) in [5.74, 6) is 0. The van der Waals surface area contributed by atoms with E-state index in [1.165, 1.54) is 11.3 Å². The maximum Gasteiger partial charge on any atom is 0.321 e. The Hall–Kier alpha value is -1.51. The largest absolute Gasteiger partial charge is 0.378 e. The quantitative estimate of drug-likeness (QED) is 0.855. The van der Waals surface area contributed by atoms with Crippen molar-refractivity contribution in [3.8, 4) is 0 Å². The predicted molar refractivity (Wildman–Crippen MR) is 84.9 cm³/mol. The van der Waals surface area contributed by atoms with E-state index in [2.05, 4.69) is 27.5 Å². The van der Waals surface area contributed by atoms with Crippen molar-refractivity contribution in [2.75, 3.05) is 12.4 Å². The lowest BCUT2D eigenvalue weighted by Gasteiger charge is -2.11. The first-order valence-electron chi connectivity index (χ1n) is 6.57. The van der Waals surface area contributed by atoms with E-state index in [1.54, 1.807) is 18.4 Å². The number of nitrogens with one attached hydrogen (secondary N) is 2. The van der Waals surface area contributed by atoms with E-state index in [9.17, 15) is 4.79 Å². The molecular formula is C13H18N4O2S2. The monoisotopic (exact) mass is 326 g/mol. The molecule has 2 aromatic heterocycles. The van der Waals surface area contributed by atoms with Gasteiger partial charge in [0.1, 0.15) is 0 Å². The molecule has 0 aliphatic rings. The number of urea groups is 1. The van der Waals surface area contributed by atoms with Crippen LogP contribution in [0.15, 0.2) is 10.8 Å². The molecule has 21 heavy (non-hydrogen) atoms. The minimum atomic E-state index is -0.285. The smallest absolute Gasteiger partial charge is 0.321 e. The third-order valence-corrected chi connectivity index (χ3v) is 4.55. The number of amides is 2. The molecule has 0 unspecified atom stereocenters. The molecule has 0 aliphatic heterocycles. The number of rotatable bonds is 6. The number of carbonyl (C=O) groups excluding carboxylic acids is 1. The van der Waals surface area contributed by atoms with Crippen molar-refractivity contribution in [1.82, 2.24) is 15.3 Å². The normalized spacial score (nSPS) is 12.1. The van der Waals surface area contributed by atoms with Crippen LogP contribution in [0.5, 0.6) is 0 Å². The number of nitrogens with zero attached hydrogens (tertiary/aromatic N) is 2. The number of ether oxygens (including phenoxy) is 1. The van der Waals surface area contributed by atoms with Crippen molar-refractivity contribution in [1.29, 1.82) is 0 Å². The zero-order valence-electron chi connectivity index (χ0n) is 12.2. The van der Waals surface area contributed by atoms with Gasteiger partial charge < -0.3 is 10.1 Å². The van der Waals surface area contributed by atoms with Gasteiger partial charge in [0, 0.05) is 17.9 Å². The molecule has 0 bridgehead atoms. The Bertz CT molecular complexity index is 597. The van der Waals surface area contributed by atoms with Crippen LogP contribution in [0.25, 0.3) is 0 Å². The Morgan fingerprint density at radius 1 is 1.38 bits per heavy atom. The van der Waals surface area contributed by atoms with Gasteiger partial charge >= 0.3 is 6.03 Å². The van der Waals surface area contributed by atoms with Crippen molar-refractivity contribution in [2.24, 2.45) is 0 Å². The highest BCUT2D eigenvalue weighted by Crippen LogP contribution is 2.18. The molecule has 2 rings (SSSR count). The van der Waals surface area contributed by atoms with Crippen LogP contribution >= 0.6 is 22.7 Å². The summed E-state index contributed by atoms with van der Waals surface area (Å²) in [6, 6.07) is -0.424. The van der Waals surface area contributed by atoms with Gasteiger partial charge in [-0.15, -0.1) is 22.7 Å². The molecule has 2 amide bonds. The molecule has 0 saturated carbocycles. The Labute approximate surface area is 131 Å². The summed E-state index contributed by atoms with van der Waals surface area (Å²) in [6.07, 6.45) is 0.908. The van der Waals surface area contributed by atoms with Gasteiger partial charge in [-0.05, 0) is 13.3 Å². The van der Waals surface area contributed by atoms with Crippen molar-refractivity contribution < 1.29 is 9.53 Å². The van der Waals surface area contributed by atoms with Gasteiger partial charge in [0.15, 0.2) is 5.13 Å². The number of aromatic nitrogens is 2. The van der Waals surface area contributed by atoms with Crippen molar-refractivity contribution >= 4 is 33.8 Å². The lowest BCUT2D eigenvalue weighted by molar-refractivity contribution is 0.182. The van der Waals surface area contributed by atoms with Crippen LogP contribution in [0.2, 0.25) is 0 Å². The number of carbonyl (C=O) groups is 1. The van der Waals surface area contributed by atoms with Gasteiger partial charge in [-0.25, -0.2) is 14.8 Å². The Morgan fingerprint density at radius 2 is 2.19 bits per heavy atom. The standard InChI is InChI=1S/C13H18N4O2S2/c1-4-11-16-10(7-20-11)8(2)14-12(18)17-13-15-9(5-19-3)6-21-13/h6-8H,4-5H2,1-3H3,(H2,14,15,17,18)/t8-/m1/s1. The lowest BCUT2D eigenvalue weighted by Crippen LogP contribution is -2.31. The molecule has 0 radical (unpaired) electrons. The summed E-state index contributed by atoms with van der Waals surface area (Å²) in [6.45, 7) is 4.41. The minimum Gasteiger partial charge on any atom is -0.378 e. The number of methoxy groups -OCH3 is 1. The highest BCUT2D eigenvalue weighted by molar-refractivity contribution is 7.13. The molecule has 2 aromatic rings. The summed E-state index contributed by atoms with van der Waals surface area (Å²) in [5.41, 5.74) is 1.68. The lowest BCUT2D eigenvalue weighted by atomic mass is 10.3. The first-order valence-corrected chi connectivity index (χ1v) is 8.33. The maximum absolute atomic E-state index is 11.9.